The van der Waals surface area contributed by atoms with Crippen molar-refractivity contribution in [1.29, 1.82) is 0 Å². The monoisotopic (exact) mass is 166 g/mol. The molecule has 1 amide bonds. The Kier molecular flexibility index (Phi) is 3.12. The molecule has 1 aliphatic rings. The van der Waals surface area contributed by atoms with Crippen LogP contribution in [-0.2, 0) is 4.79 Å². The van der Waals surface area contributed by atoms with Crippen molar-refractivity contribution >= 4 is 5.91 Å². The first kappa shape index (κ1) is 9.08. The molecule has 1 saturated heterocycles. The number of rotatable bonds is 2. The molecule has 0 aromatic carbocycles. The Morgan fingerprint density at radius 2 is 2.58 bits per heavy atom. The molecular formula is C9H14N2O. The molecule has 0 unspecified atom stereocenters. The highest BCUT2D eigenvalue weighted by molar-refractivity contribution is 5.78. The number of carbonyl (C=O) groups excluding carboxylic acids is 1. The van der Waals surface area contributed by atoms with Crippen LogP contribution >= 0.6 is 0 Å². The van der Waals surface area contributed by atoms with Crippen LogP contribution in [0, 0.1) is 12.3 Å². The lowest BCUT2D eigenvalue weighted by Crippen LogP contribution is -2.36. The van der Waals surface area contributed by atoms with E-state index in [0.29, 0.717) is 6.04 Å². The summed E-state index contributed by atoms with van der Waals surface area (Å²) < 4.78 is 0. The molecule has 1 aliphatic heterocycles. The summed E-state index contributed by atoms with van der Waals surface area (Å²) in [5.74, 6) is 2.30. The normalized spacial score (nSPS) is 23.5. The molecule has 1 atom stereocenters. The van der Waals surface area contributed by atoms with Crippen molar-refractivity contribution < 1.29 is 4.79 Å². The number of carbonyl (C=O) groups is 1. The van der Waals surface area contributed by atoms with Crippen molar-refractivity contribution in [3.05, 3.63) is 0 Å². The van der Waals surface area contributed by atoms with Gasteiger partial charge in [-0.05, 0) is 20.0 Å². The molecule has 66 valence electrons. The minimum absolute atomic E-state index is 0.0298. The number of hydrogen-bond acceptors (Lipinski definition) is 2. The fourth-order valence-corrected chi connectivity index (χ4v) is 1.42. The third-order valence-electron chi connectivity index (χ3n) is 2.02. The van der Waals surface area contributed by atoms with E-state index in [0.717, 1.165) is 19.5 Å². The fourth-order valence-electron chi connectivity index (χ4n) is 1.42. The van der Waals surface area contributed by atoms with Gasteiger partial charge >= 0.3 is 0 Å². The highest BCUT2D eigenvalue weighted by atomic mass is 16.1. The molecule has 12 heavy (non-hydrogen) atoms. The van der Waals surface area contributed by atoms with E-state index in [2.05, 4.69) is 16.1 Å². The first-order chi connectivity index (χ1) is 5.72. The molecule has 1 N–H and O–H groups in total. The van der Waals surface area contributed by atoms with Crippen LogP contribution in [0.1, 0.15) is 12.8 Å². The molecule has 3 nitrogen and oxygen atoms in total. The second kappa shape index (κ2) is 4.13. The topological polar surface area (TPSA) is 32.3 Å². The van der Waals surface area contributed by atoms with Gasteiger partial charge < -0.3 is 10.2 Å². The highest BCUT2D eigenvalue weighted by Gasteiger charge is 2.20. The predicted molar refractivity (Wildman–Crippen MR) is 47.5 cm³/mol. The Labute approximate surface area is 73.1 Å². The molecule has 0 saturated carbocycles. The second-order valence-electron chi connectivity index (χ2n) is 3.20. The van der Waals surface area contributed by atoms with Crippen molar-refractivity contribution in [3.63, 3.8) is 0 Å². The first-order valence-corrected chi connectivity index (χ1v) is 4.13. The molecule has 0 aliphatic carbocycles. The summed E-state index contributed by atoms with van der Waals surface area (Å²) in [5.41, 5.74) is 0. The van der Waals surface area contributed by atoms with Crippen LogP contribution in [0.5, 0.6) is 0 Å². The molecule has 0 aromatic heterocycles. The average molecular weight is 166 g/mol. The molecular weight excluding hydrogens is 152 g/mol. The number of terminal acetylenes is 1. The Bertz CT molecular complexity index is 207. The van der Waals surface area contributed by atoms with Crippen molar-refractivity contribution in [2.45, 2.75) is 18.9 Å². The van der Waals surface area contributed by atoms with Crippen molar-refractivity contribution in [1.82, 2.24) is 10.2 Å². The summed E-state index contributed by atoms with van der Waals surface area (Å²) in [6.07, 6.45) is 6.24. The molecule has 1 rings (SSSR count). The SMILES string of the molecule is C#CCC(=O)N[C@@H]1CCN(C)C1. The molecule has 0 radical (unpaired) electrons. The van der Waals surface area contributed by atoms with Crippen LogP contribution in [0.4, 0.5) is 0 Å². The van der Waals surface area contributed by atoms with E-state index in [1.54, 1.807) is 0 Å². The summed E-state index contributed by atoms with van der Waals surface area (Å²) in [6.45, 7) is 2.00. The molecule has 3 heteroatoms. The lowest BCUT2D eigenvalue weighted by Gasteiger charge is -2.11. The zero-order valence-corrected chi connectivity index (χ0v) is 7.34. The highest BCUT2D eigenvalue weighted by Crippen LogP contribution is 2.05. The van der Waals surface area contributed by atoms with Gasteiger partial charge in [-0.15, -0.1) is 6.42 Å². The summed E-state index contributed by atoms with van der Waals surface area (Å²) in [6, 6.07) is 0.302. The first-order valence-electron chi connectivity index (χ1n) is 4.13. The smallest absolute Gasteiger partial charge is 0.232 e. The predicted octanol–water partition coefficient (Wildman–Crippen LogP) is -0.170. The zero-order chi connectivity index (χ0) is 8.97. The number of likely N-dealkylation sites (N-methyl/N-ethyl adjacent to an activating group) is 1. The van der Waals surface area contributed by atoms with Crippen molar-refractivity contribution in [3.8, 4) is 12.3 Å². The van der Waals surface area contributed by atoms with Crippen LogP contribution in [0.15, 0.2) is 0 Å². The van der Waals surface area contributed by atoms with Gasteiger partial charge in [-0.25, -0.2) is 0 Å². The number of hydrogen-bond donors (Lipinski definition) is 1. The summed E-state index contributed by atoms with van der Waals surface area (Å²) >= 11 is 0. The van der Waals surface area contributed by atoms with Gasteiger partial charge in [0.1, 0.15) is 0 Å². The van der Waals surface area contributed by atoms with Crippen molar-refractivity contribution in [2.75, 3.05) is 20.1 Å². The van der Waals surface area contributed by atoms with Crippen LogP contribution in [0.25, 0.3) is 0 Å². The summed E-state index contributed by atoms with van der Waals surface area (Å²) in [4.78, 5) is 13.2. The third-order valence-corrected chi connectivity index (χ3v) is 2.02. The van der Waals surface area contributed by atoms with E-state index >= 15 is 0 Å². The number of likely N-dealkylation sites (tertiary alicyclic amines) is 1. The van der Waals surface area contributed by atoms with E-state index in [-0.39, 0.29) is 12.3 Å². The minimum Gasteiger partial charge on any atom is -0.351 e. The molecule has 1 heterocycles. The zero-order valence-electron chi connectivity index (χ0n) is 7.34. The average Bonchev–Trinajstić information content (AvgIpc) is 2.36. The number of amides is 1. The lowest BCUT2D eigenvalue weighted by molar-refractivity contribution is -0.120. The van der Waals surface area contributed by atoms with Gasteiger partial charge in [-0.2, -0.15) is 0 Å². The van der Waals surface area contributed by atoms with Crippen LogP contribution in [0.3, 0.4) is 0 Å². The van der Waals surface area contributed by atoms with Gasteiger partial charge in [0.15, 0.2) is 0 Å². The largest absolute Gasteiger partial charge is 0.351 e. The Morgan fingerprint density at radius 3 is 3.08 bits per heavy atom. The third kappa shape index (κ3) is 2.55. The van der Waals surface area contributed by atoms with Gasteiger partial charge in [-0.1, -0.05) is 5.92 Å². The quantitative estimate of drug-likeness (QED) is 0.578. The van der Waals surface area contributed by atoms with E-state index in [4.69, 9.17) is 6.42 Å². The van der Waals surface area contributed by atoms with Gasteiger partial charge in [0.25, 0.3) is 0 Å². The van der Waals surface area contributed by atoms with E-state index in [9.17, 15) is 4.79 Å². The number of nitrogens with zero attached hydrogens (tertiary/aromatic N) is 1. The summed E-state index contributed by atoms with van der Waals surface area (Å²) in [7, 11) is 2.05. The Hall–Kier alpha value is -1.01. The minimum atomic E-state index is -0.0298. The van der Waals surface area contributed by atoms with Crippen LogP contribution < -0.4 is 5.32 Å². The van der Waals surface area contributed by atoms with Crippen LogP contribution in [-0.4, -0.2) is 37.0 Å². The maximum absolute atomic E-state index is 11.0. The summed E-state index contributed by atoms with van der Waals surface area (Å²) in [5, 5.41) is 2.89. The number of nitrogens with one attached hydrogen (secondary N) is 1. The molecule has 0 aromatic rings. The van der Waals surface area contributed by atoms with E-state index < -0.39 is 0 Å². The lowest BCUT2D eigenvalue weighted by atomic mass is 10.2. The van der Waals surface area contributed by atoms with Gasteiger partial charge in [0, 0.05) is 12.6 Å². The van der Waals surface area contributed by atoms with Crippen molar-refractivity contribution in [2.24, 2.45) is 0 Å². The molecule has 0 bridgehead atoms. The van der Waals surface area contributed by atoms with Crippen LogP contribution in [0.2, 0.25) is 0 Å². The Balaban J connectivity index is 2.24. The van der Waals surface area contributed by atoms with Gasteiger partial charge in [0.05, 0.1) is 6.42 Å². The van der Waals surface area contributed by atoms with Gasteiger partial charge in [-0.3, -0.25) is 4.79 Å². The molecule has 0 spiro atoms. The van der Waals surface area contributed by atoms with Gasteiger partial charge in [0.2, 0.25) is 5.91 Å². The molecule has 1 fully saturated rings. The second-order valence-corrected chi connectivity index (χ2v) is 3.20. The standard InChI is InChI=1S/C9H14N2O/c1-3-4-9(12)10-8-5-6-11(2)7-8/h1,8H,4-7H2,2H3,(H,10,12)/t8-/m1/s1. The van der Waals surface area contributed by atoms with E-state index in [1.165, 1.54) is 0 Å². The van der Waals surface area contributed by atoms with E-state index in [1.807, 2.05) is 7.05 Å². The maximum Gasteiger partial charge on any atom is 0.232 e. The fraction of sp³-hybridized carbons (Fsp3) is 0.667. The maximum atomic E-state index is 11.0. The Morgan fingerprint density at radius 1 is 1.83 bits per heavy atom.